The van der Waals surface area contributed by atoms with Crippen molar-refractivity contribution in [2.24, 2.45) is 0 Å². The third-order valence-corrected chi connectivity index (χ3v) is 2.37. The molecule has 0 radical (unpaired) electrons. The molecule has 1 aliphatic rings. The number of likely N-dealkylation sites (N-methyl/N-ethyl adjacent to an activating group) is 1. The van der Waals surface area contributed by atoms with E-state index in [0.29, 0.717) is 0 Å². The van der Waals surface area contributed by atoms with E-state index < -0.39 is 0 Å². The van der Waals surface area contributed by atoms with Crippen LogP contribution in [0.4, 0.5) is 0 Å². The van der Waals surface area contributed by atoms with Gasteiger partial charge in [0.15, 0.2) is 0 Å². The Bertz CT molecular complexity index is 304. The van der Waals surface area contributed by atoms with E-state index in [2.05, 4.69) is 32.3 Å². The van der Waals surface area contributed by atoms with Crippen LogP contribution < -0.4 is 5.32 Å². The van der Waals surface area contributed by atoms with Crippen LogP contribution in [0.15, 0.2) is 6.33 Å². The molecule has 76 valence electrons. The molecule has 6 heteroatoms. The van der Waals surface area contributed by atoms with E-state index in [0.717, 1.165) is 19.6 Å². The van der Waals surface area contributed by atoms with Gasteiger partial charge in [-0.1, -0.05) is 6.92 Å². The minimum absolute atomic E-state index is 0.178. The molecule has 1 fully saturated rings. The van der Waals surface area contributed by atoms with Crippen molar-refractivity contribution >= 4 is 5.91 Å². The average molecular weight is 195 g/mol. The number of H-pyrrole nitrogens is 1. The molecule has 1 aliphatic heterocycles. The van der Waals surface area contributed by atoms with Crippen molar-refractivity contribution in [2.75, 3.05) is 19.6 Å². The number of aromatic amines is 1. The highest BCUT2D eigenvalue weighted by Gasteiger charge is 2.27. The summed E-state index contributed by atoms with van der Waals surface area (Å²) >= 11 is 0. The van der Waals surface area contributed by atoms with Gasteiger partial charge in [-0.3, -0.25) is 14.8 Å². The molecule has 0 unspecified atom stereocenters. The average Bonchev–Trinajstić information content (AvgIpc) is 2.62. The Kier molecular flexibility index (Phi) is 2.45. The molecular weight excluding hydrogens is 182 g/mol. The summed E-state index contributed by atoms with van der Waals surface area (Å²) in [4.78, 5) is 17.5. The fourth-order valence-corrected chi connectivity index (χ4v) is 1.49. The summed E-state index contributed by atoms with van der Waals surface area (Å²) in [6.07, 6.45) is 1.33. The molecule has 0 saturated carbocycles. The zero-order valence-corrected chi connectivity index (χ0v) is 8.03. The fourth-order valence-electron chi connectivity index (χ4n) is 1.49. The van der Waals surface area contributed by atoms with Crippen molar-refractivity contribution < 1.29 is 4.79 Å². The van der Waals surface area contributed by atoms with Crippen LogP contribution in [-0.2, 0) is 0 Å². The van der Waals surface area contributed by atoms with Gasteiger partial charge in [0.25, 0.3) is 5.91 Å². The first-order chi connectivity index (χ1) is 6.79. The maximum atomic E-state index is 11.4. The molecule has 1 aromatic heterocycles. The van der Waals surface area contributed by atoms with Crippen molar-refractivity contribution in [3.8, 4) is 0 Å². The van der Waals surface area contributed by atoms with Gasteiger partial charge in [0.05, 0.1) is 6.04 Å². The SMILES string of the molecule is CCN1CC(NC(=O)c2ncn[nH]2)C1. The second-order valence-electron chi connectivity index (χ2n) is 3.36. The van der Waals surface area contributed by atoms with Gasteiger partial charge in [-0.2, -0.15) is 5.10 Å². The topological polar surface area (TPSA) is 73.9 Å². The summed E-state index contributed by atoms with van der Waals surface area (Å²) in [5.41, 5.74) is 0. The van der Waals surface area contributed by atoms with Gasteiger partial charge in [-0.15, -0.1) is 0 Å². The molecule has 0 spiro atoms. The van der Waals surface area contributed by atoms with E-state index in [1.54, 1.807) is 0 Å². The normalized spacial score (nSPS) is 17.8. The lowest BCUT2D eigenvalue weighted by Gasteiger charge is -2.38. The van der Waals surface area contributed by atoms with Gasteiger partial charge in [-0.25, -0.2) is 4.98 Å². The third kappa shape index (κ3) is 1.74. The predicted molar refractivity (Wildman–Crippen MR) is 49.8 cm³/mol. The number of nitrogens with zero attached hydrogens (tertiary/aromatic N) is 3. The monoisotopic (exact) mass is 195 g/mol. The molecule has 1 saturated heterocycles. The van der Waals surface area contributed by atoms with Gasteiger partial charge >= 0.3 is 0 Å². The maximum absolute atomic E-state index is 11.4. The Balaban J connectivity index is 1.80. The second kappa shape index (κ2) is 3.75. The van der Waals surface area contributed by atoms with Crippen molar-refractivity contribution in [3.63, 3.8) is 0 Å². The molecule has 0 atom stereocenters. The molecule has 2 heterocycles. The zero-order chi connectivity index (χ0) is 9.97. The van der Waals surface area contributed by atoms with Crippen LogP contribution in [0, 0.1) is 0 Å². The molecule has 1 aromatic rings. The molecule has 14 heavy (non-hydrogen) atoms. The highest BCUT2D eigenvalue weighted by Crippen LogP contribution is 2.06. The van der Waals surface area contributed by atoms with E-state index in [1.165, 1.54) is 6.33 Å². The van der Waals surface area contributed by atoms with E-state index >= 15 is 0 Å². The van der Waals surface area contributed by atoms with E-state index in [-0.39, 0.29) is 17.8 Å². The van der Waals surface area contributed by atoms with Crippen molar-refractivity contribution in [3.05, 3.63) is 12.2 Å². The number of hydrogen-bond donors (Lipinski definition) is 2. The molecular formula is C8H13N5O. The number of carbonyl (C=O) groups is 1. The van der Waals surface area contributed by atoms with Gasteiger partial charge in [0, 0.05) is 13.1 Å². The molecule has 0 bridgehead atoms. The first kappa shape index (κ1) is 9.14. The largest absolute Gasteiger partial charge is 0.344 e. The van der Waals surface area contributed by atoms with Crippen LogP contribution in [0.5, 0.6) is 0 Å². The standard InChI is InChI=1S/C8H13N5O/c1-2-13-3-6(4-13)11-8(14)7-9-5-10-12-7/h5-6H,2-4H2,1H3,(H,11,14)(H,9,10,12). The van der Waals surface area contributed by atoms with Crippen molar-refractivity contribution in [2.45, 2.75) is 13.0 Å². The fraction of sp³-hybridized carbons (Fsp3) is 0.625. The molecule has 0 aliphatic carbocycles. The summed E-state index contributed by atoms with van der Waals surface area (Å²) in [6, 6.07) is 0.257. The number of nitrogens with one attached hydrogen (secondary N) is 2. The van der Waals surface area contributed by atoms with Crippen LogP contribution in [0.3, 0.4) is 0 Å². The highest BCUT2D eigenvalue weighted by atomic mass is 16.2. The summed E-state index contributed by atoms with van der Waals surface area (Å²) in [5.74, 6) is 0.100. The van der Waals surface area contributed by atoms with Gasteiger partial charge in [0.1, 0.15) is 6.33 Å². The molecule has 0 aromatic carbocycles. The van der Waals surface area contributed by atoms with E-state index in [1.807, 2.05) is 0 Å². The lowest BCUT2D eigenvalue weighted by atomic mass is 10.1. The first-order valence-corrected chi connectivity index (χ1v) is 4.68. The smallest absolute Gasteiger partial charge is 0.288 e. The maximum Gasteiger partial charge on any atom is 0.288 e. The van der Waals surface area contributed by atoms with Gasteiger partial charge < -0.3 is 5.32 Å². The zero-order valence-electron chi connectivity index (χ0n) is 8.03. The minimum atomic E-state index is -0.178. The predicted octanol–water partition coefficient (Wildman–Crippen LogP) is -0.761. The van der Waals surface area contributed by atoms with E-state index in [4.69, 9.17) is 0 Å². The van der Waals surface area contributed by atoms with Crippen LogP contribution >= 0.6 is 0 Å². The van der Waals surface area contributed by atoms with E-state index in [9.17, 15) is 4.79 Å². The lowest BCUT2D eigenvalue weighted by molar-refractivity contribution is 0.0815. The summed E-state index contributed by atoms with van der Waals surface area (Å²) in [5, 5.41) is 9.02. The number of rotatable bonds is 3. The third-order valence-electron chi connectivity index (χ3n) is 2.37. The molecule has 2 N–H and O–H groups in total. The summed E-state index contributed by atoms with van der Waals surface area (Å²) < 4.78 is 0. The Morgan fingerprint density at radius 3 is 3.14 bits per heavy atom. The Labute approximate surface area is 81.7 Å². The Hall–Kier alpha value is -1.43. The van der Waals surface area contributed by atoms with Crippen LogP contribution in [-0.4, -0.2) is 51.7 Å². The minimum Gasteiger partial charge on any atom is -0.344 e. The number of likely N-dealkylation sites (tertiary alicyclic amines) is 1. The van der Waals surface area contributed by atoms with Gasteiger partial charge in [-0.05, 0) is 6.54 Å². The highest BCUT2D eigenvalue weighted by molar-refractivity contribution is 5.90. The quantitative estimate of drug-likeness (QED) is 0.664. The first-order valence-electron chi connectivity index (χ1n) is 4.68. The Morgan fingerprint density at radius 2 is 2.57 bits per heavy atom. The molecule has 2 rings (SSSR count). The Morgan fingerprint density at radius 1 is 1.79 bits per heavy atom. The van der Waals surface area contributed by atoms with Crippen LogP contribution in [0.2, 0.25) is 0 Å². The lowest BCUT2D eigenvalue weighted by Crippen LogP contribution is -2.59. The van der Waals surface area contributed by atoms with Crippen LogP contribution in [0.25, 0.3) is 0 Å². The number of hydrogen-bond acceptors (Lipinski definition) is 4. The number of amides is 1. The van der Waals surface area contributed by atoms with Crippen LogP contribution in [0.1, 0.15) is 17.5 Å². The number of aromatic nitrogens is 3. The van der Waals surface area contributed by atoms with Crippen molar-refractivity contribution in [1.29, 1.82) is 0 Å². The second-order valence-corrected chi connectivity index (χ2v) is 3.36. The summed E-state index contributed by atoms with van der Waals surface area (Å²) in [7, 11) is 0. The molecule has 1 amide bonds. The van der Waals surface area contributed by atoms with Crippen molar-refractivity contribution in [1.82, 2.24) is 25.4 Å². The van der Waals surface area contributed by atoms with Gasteiger partial charge in [0.2, 0.25) is 5.82 Å². The number of carbonyl (C=O) groups excluding carboxylic acids is 1. The molecule has 6 nitrogen and oxygen atoms in total. The summed E-state index contributed by atoms with van der Waals surface area (Å²) in [6.45, 7) is 5.00.